The lowest BCUT2D eigenvalue weighted by atomic mass is 9.87. The van der Waals surface area contributed by atoms with Gasteiger partial charge in [-0.3, -0.25) is 0 Å². The smallest absolute Gasteiger partial charge is 0.273 e. The number of nitrogens with zero attached hydrogens (tertiary/aromatic N) is 1. The number of alkyl halides is 1. The third kappa shape index (κ3) is 2.11. The molecule has 0 radical (unpaired) electrons. The summed E-state index contributed by atoms with van der Waals surface area (Å²) in [6.45, 7) is 0. The number of ether oxygens (including phenoxy) is 1. The highest BCUT2D eigenvalue weighted by atomic mass is 79.9. The van der Waals surface area contributed by atoms with Gasteiger partial charge in [-0.2, -0.15) is 0 Å². The van der Waals surface area contributed by atoms with E-state index in [0.717, 1.165) is 5.19 Å². The SMILES string of the molecule is COc1nc(C2CCCCC2Br)cs1. The van der Waals surface area contributed by atoms with Gasteiger partial charge < -0.3 is 4.74 Å². The average molecular weight is 276 g/mol. The zero-order chi connectivity index (χ0) is 9.97. The van der Waals surface area contributed by atoms with E-state index in [1.165, 1.54) is 31.4 Å². The van der Waals surface area contributed by atoms with Crippen molar-refractivity contribution in [3.63, 3.8) is 0 Å². The molecule has 0 N–H and O–H groups in total. The topological polar surface area (TPSA) is 22.1 Å². The Kier molecular flexibility index (Phi) is 3.44. The Morgan fingerprint density at radius 3 is 2.93 bits per heavy atom. The average Bonchev–Trinajstić information content (AvgIpc) is 2.67. The highest BCUT2D eigenvalue weighted by Crippen LogP contribution is 2.38. The van der Waals surface area contributed by atoms with Gasteiger partial charge in [-0.1, -0.05) is 40.1 Å². The molecule has 0 spiro atoms. The van der Waals surface area contributed by atoms with E-state index in [2.05, 4.69) is 26.3 Å². The Labute approximate surface area is 96.8 Å². The first kappa shape index (κ1) is 10.4. The van der Waals surface area contributed by atoms with E-state index >= 15 is 0 Å². The molecule has 1 saturated carbocycles. The van der Waals surface area contributed by atoms with Crippen molar-refractivity contribution in [3.8, 4) is 5.19 Å². The quantitative estimate of drug-likeness (QED) is 0.770. The predicted octanol–water partition coefficient (Wildman–Crippen LogP) is 3.57. The van der Waals surface area contributed by atoms with Crippen molar-refractivity contribution in [2.24, 2.45) is 0 Å². The predicted molar refractivity (Wildman–Crippen MR) is 62.6 cm³/mol. The molecule has 1 aromatic rings. The van der Waals surface area contributed by atoms with Gasteiger partial charge in [-0.25, -0.2) is 4.98 Å². The lowest BCUT2D eigenvalue weighted by Gasteiger charge is -2.25. The van der Waals surface area contributed by atoms with Crippen LogP contribution >= 0.6 is 27.3 Å². The normalized spacial score (nSPS) is 27.6. The van der Waals surface area contributed by atoms with Crippen LogP contribution in [0.5, 0.6) is 5.19 Å². The van der Waals surface area contributed by atoms with E-state index in [1.807, 2.05) is 0 Å². The minimum absolute atomic E-state index is 0.587. The third-order valence-electron chi connectivity index (χ3n) is 2.74. The maximum Gasteiger partial charge on any atom is 0.273 e. The molecule has 4 heteroatoms. The summed E-state index contributed by atoms with van der Waals surface area (Å²) >= 11 is 5.34. The first-order valence-corrected chi connectivity index (χ1v) is 6.74. The van der Waals surface area contributed by atoms with Gasteiger partial charge in [0.1, 0.15) is 0 Å². The molecule has 0 aromatic carbocycles. The van der Waals surface area contributed by atoms with Crippen molar-refractivity contribution >= 4 is 27.3 Å². The molecule has 0 saturated heterocycles. The van der Waals surface area contributed by atoms with E-state index < -0.39 is 0 Å². The van der Waals surface area contributed by atoms with Gasteiger partial charge in [0.25, 0.3) is 5.19 Å². The standard InChI is InChI=1S/C10H14BrNOS/c1-13-10-12-9(6-14-10)7-4-2-3-5-8(7)11/h6-8H,2-5H2,1H3. The summed E-state index contributed by atoms with van der Waals surface area (Å²) in [5.74, 6) is 0.587. The number of thiazole rings is 1. The van der Waals surface area contributed by atoms with Crippen LogP contribution in [0.3, 0.4) is 0 Å². The Morgan fingerprint density at radius 2 is 2.29 bits per heavy atom. The molecule has 1 aliphatic rings. The van der Waals surface area contributed by atoms with Gasteiger partial charge in [0.2, 0.25) is 0 Å². The number of hydrogen-bond donors (Lipinski definition) is 0. The van der Waals surface area contributed by atoms with Crippen molar-refractivity contribution in [2.75, 3.05) is 7.11 Å². The molecule has 2 rings (SSSR count). The van der Waals surface area contributed by atoms with Crippen molar-refractivity contribution in [1.82, 2.24) is 4.98 Å². The monoisotopic (exact) mass is 275 g/mol. The van der Waals surface area contributed by atoms with E-state index in [4.69, 9.17) is 4.74 Å². The summed E-state index contributed by atoms with van der Waals surface area (Å²) < 4.78 is 5.11. The van der Waals surface area contributed by atoms with Crippen molar-refractivity contribution in [1.29, 1.82) is 0 Å². The van der Waals surface area contributed by atoms with Gasteiger partial charge in [-0.05, 0) is 12.8 Å². The van der Waals surface area contributed by atoms with Crippen LogP contribution in [-0.2, 0) is 0 Å². The van der Waals surface area contributed by atoms with Crippen molar-refractivity contribution in [3.05, 3.63) is 11.1 Å². The number of rotatable bonds is 2. The van der Waals surface area contributed by atoms with Gasteiger partial charge in [0.05, 0.1) is 12.8 Å². The fourth-order valence-electron chi connectivity index (χ4n) is 1.95. The minimum Gasteiger partial charge on any atom is -0.473 e. The fraction of sp³-hybridized carbons (Fsp3) is 0.700. The fourth-order valence-corrected chi connectivity index (χ4v) is 3.51. The van der Waals surface area contributed by atoms with Crippen LogP contribution in [0.15, 0.2) is 5.38 Å². The number of aromatic nitrogens is 1. The zero-order valence-electron chi connectivity index (χ0n) is 8.20. The summed E-state index contributed by atoms with van der Waals surface area (Å²) in [6, 6.07) is 0. The van der Waals surface area contributed by atoms with E-state index in [1.54, 1.807) is 18.4 Å². The molecule has 1 aliphatic carbocycles. The summed E-state index contributed by atoms with van der Waals surface area (Å²) in [4.78, 5) is 5.07. The van der Waals surface area contributed by atoms with E-state index in [0.29, 0.717) is 10.7 Å². The molecule has 1 heterocycles. The molecule has 2 atom stereocenters. The molecule has 1 fully saturated rings. The molecule has 14 heavy (non-hydrogen) atoms. The maximum absolute atomic E-state index is 5.11. The molecule has 1 aromatic heterocycles. The Morgan fingerprint density at radius 1 is 1.50 bits per heavy atom. The van der Waals surface area contributed by atoms with Crippen LogP contribution in [0.2, 0.25) is 0 Å². The first-order chi connectivity index (χ1) is 6.81. The minimum atomic E-state index is 0.587. The second-order valence-corrected chi connectivity index (χ2v) is 5.65. The summed E-state index contributed by atoms with van der Waals surface area (Å²) in [5, 5.41) is 2.91. The lowest BCUT2D eigenvalue weighted by Crippen LogP contribution is -2.17. The van der Waals surface area contributed by atoms with Crippen LogP contribution in [0.4, 0.5) is 0 Å². The van der Waals surface area contributed by atoms with Gasteiger partial charge in [0.15, 0.2) is 0 Å². The largest absolute Gasteiger partial charge is 0.473 e. The molecule has 78 valence electrons. The molecular formula is C10H14BrNOS. The van der Waals surface area contributed by atoms with Crippen LogP contribution in [-0.4, -0.2) is 16.9 Å². The zero-order valence-corrected chi connectivity index (χ0v) is 10.6. The van der Waals surface area contributed by atoms with Crippen LogP contribution in [0.25, 0.3) is 0 Å². The summed E-state index contributed by atoms with van der Waals surface area (Å²) in [7, 11) is 1.68. The number of halogens is 1. The molecular weight excluding hydrogens is 262 g/mol. The number of hydrogen-bond acceptors (Lipinski definition) is 3. The van der Waals surface area contributed by atoms with Crippen molar-refractivity contribution < 1.29 is 4.74 Å². The van der Waals surface area contributed by atoms with Crippen LogP contribution < -0.4 is 4.74 Å². The van der Waals surface area contributed by atoms with Gasteiger partial charge in [-0.15, -0.1) is 0 Å². The molecule has 2 unspecified atom stereocenters. The van der Waals surface area contributed by atoms with Gasteiger partial charge in [0, 0.05) is 16.1 Å². The summed E-state index contributed by atoms with van der Waals surface area (Å²) in [5.41, 5.74) is 1.20. The third-order valence-corrected chi connectivity index (χ3v) is 4.65. The molecule has 0 bridgehead atoms. The van der Waals surface area contributed by atoms with Gasteiger partial charge >= 0.3 is 0 Å². The van der Waals surface area contributed by atoms with E-state index in [9.17, 15) is 0 Å². The Hall–Kier alpha value is -0.0900. The maximum atomic E-state index is 5.11. The highest BCUT2D eigenvalue weighted by Gasteiger charge is 2.26. The van der Waals surface area contributed by atoms with Crippen LogP contribution in [0, 0.1) is 0 Å². The second-order valence-electron chi connectivity index (χ2n) is 3.65. The second kappa shape index (κ2) is 4.62. The summed E-state index contributed by atoms with van der Waals surface area (Å²) in [6.07, 6.45) is 5.19. The van der Waals surface area contributed by atoms with E-state index in [-0.39, 0.29) is 0 Å². The highest BCUT2D eigenvalue weighted by molar-refractivity contribution is 9.09. The number of methoxy groups -OCH3 is 1. The molecule has 2 nitrogen and oxygen atoms in total. The first-order valence-electron chi connectivity index (χ1n) is 4.94. The Bertz CT molecular complexity index is 302. The van der Waals surface area contributed by atoms with Crippen molar-refractivity contribution in [2.45, 2.75) is 36.4 Å². The molecule has 0 aliphatic heterocycles. The lowest BCUT2D eigenvalue weighted by molar-refractivity contribution is 0.404. The molecule has 0 amide bonds. The van der Waals surface area contributed by atoms with Crippen LogP contribution in [0.1, 0.15) is 37.3 Å². The Balaban J connectivity index is 2.12.